The van der Waals surface area contributed by atoms with Gasteiger partial charge in [0.2, 0.25) is 0 Å². The molecule has 0 atom stereocenters. The molecule has 0 aliphatic heterocycles. The lowest BCUT2D eigenvalue weighted by molar-refractivity contribution is -0.123. The van der Waals surface area contributed by atoms with E-state index in [0.29, 0.717) is 11.5 Å². The van der Waals surface area contributed by atoms with Gasteiger partial charge >= 0.3 is 0 Å². The van der Waals surface area contributed by atoms with E-state index in [1.807, 2.05) is 91.9 Å². The van der Waals surface area contributed by atoms with Crippen LogP contribution in [0.25, 0.3) is 16.8 Å². The molecule has 3 rings (SSSR count). The number of carbonyl (C=O) groups is 1. The maximum atomic E-state index is 12.0. The molecule has 0 aromatic heterocycles. The highest BCUT2D eigenvalue weighted by Gasteiger charge is 2.05. The summed E-state index contributed by atoms with van der Waals surface area (Å²) in [6, 6.07) is 23.6. The van der Waals surface area contributed by atoms with E-state index < -0.39 is 0 Å². The van der Waals surface area contributed by atoms with Gasteiger partial charge in [-0.05, 0) is 30.0 Å². The lowest BCUT2D eigenvalue weighted by atomic mass is 10.1. The van der Waals surface area contributed by atoms with Crippen molar-refractivity contribution in [3.63, 3.8) is 0 Å². The molecule has 0 fully saturated rings. The van der Waals surface area contributed by atoms with Crippen molar-refractivity contribution < 1.29 is 9.53 Å². The predicted octanol–water partition coefficient (Wildman–Crippen LogP) is 4.42. The Balaban J connectivity index is 1.54. The Kier molecular flexibility index (Phi) is 5.78. The lowest BCUT2D eigenvalue weighted by Gasteiger charge is -2.08. The van der Waals surface area contributed by atoms with Crippen LogP contribution in [0, 0.1) is 0 Å². The smallest absolute Gasteiger partial charge is 0.277 e. The molecular weight excluding hydrogens is 324 g/mol. The number of hydrogen-bond acceptors (Lipinski definition) is 3. The first kappa shape index (κ1) is 17.4. The van der Waals surface area contributed by atoms with Crippen molar-refractivity contribution in [1.82, 2.24) is 5.43 Å². The van der Waals surface area contributed by atoms with Crippen LogP contribution in [0.5, 0.6) is 5.75 Å². The molecule has 0 aliphatic carbocycles. The van der Waals surface area contributed by atoms with E-state index in [9.17, 15) is 4.79 Å². The Bertz CT molecular complexity index is 941. The van der Waals surface area contributed by atoms with Crippen molar-refractivity contribution in [1.29, 1.82) is 0 Å². The second-order valence-corrected chi connectivity index (χ2v) is 5.80. The lowest BCUT2D eigenvalue weighted by Crippen LogP contribution is -2.25. The van der Waals surface area contributed by atoms with Gasteiger partial charge in [0.25, 0.3) is 5.91 Å². The van der Waals surface area contributed by atoms with Crippen LogP contribution in [0.4, 0.5) is 0 Å². The first-order valence-electron chi connectivity index (χ1n) is 8.39. The van der Waals surface area contributed by atoms with E-state index in [-0.39, 0.29) is 12.5 Å². The van der Waals surface area contributed by atoms with Gasteiger partial charge in [-0.25, -0.2) is 5.43 Å². The Morgan fingerprint density at radius 3 is 2.58 bits per heavy atom. The molecule has 4 heteroatoms. The molecule has 0 unspecified atom stereocenters. The first-order valence-corrected chi connectivity index (χ1v) is 8.39. The van der Waals surface area contributed by atoms with Crippen LogP contribution < -0.4 is 10.2 Å². The van der Waals surface area contributed by atoms with Gasteiger partial charge in [-0.1, -0.05) is 72.8 Å². The van der Waals surface area contributed by atoms with Gasteiger partial charge in [-0.3, -0.25) is 4.79 Å². The third-order valence-corrected chi connectivity index (χ3v) is 3.78. The molecule has 4 nitrogen and oxygen atoms in total. The number of amides is 1. The van der Waals surface area contributed by atoms with Crippen molar-refractivity contribution in [2.45, 2.75) is 6.92 Å². The minimum Gasteiger partial charge on any atom is -0.483 e. The van der Waals surface area contributed by atoms with Gasteiger partial charge < -0.3 is 4.74 Å². The van der Waals surface area contributed by atoms with Crippen molar-refractivity contribution in [2.24, 2.45) is 5.10 Å². The summed E-state index contributed by atoms with van der Waals surface area (Å²) in [7, 11) is 0. The van der Waals surface area contributed by atoms with E-state index in [0.717, 1.165) is 16.3 Å². The molecule has 3 aromatic rings. The molecular formula is C22H20N2O2. The minimum atomic E-state index is -0.301. The number of ether oxygens (including phenoxy) is 1. The zero-order valence-electron chi connectivity index (χ0n) is 14.6. The average Bonchev–Trinajstić information content (AvgIpc) is 2.70. The number of allylic oxidation sites excluding steroid dienone is 1. The van der Waals surface area contributed by atoms with Crippen molar-refractivity contribution >= 4 is 28.5 Å². The van der Waals surface area contributed by atoms with E-state index in [2.05, 4.69) is 10.5 Å². The molecule has 1 amide bonds. The highest BCUT2D eigenvalue weighted by molar-refractivity contribution is 5.97. The molecule has 0 aliphatic rings. The van der Waals surface area contributed by atoms with Crippen molar-refractivity contribution in [2.75, 3.05) is 6.61 Å². The number of nitrogens with one attached hydrogen (secondary N) is 1. The molecule has 0 bridgehead atoms. The van der Waals surface area contributed by atoms with Crippen LogP contribution in [-0.4, -0.2) is 18.2 Å². The number of carbonyl (C=O) groups excluding carboxylic acids is 1. The van der Waals surface area contributed by atoms with Crippen LogP contribution in [-0.2, 0) is 4.79 Å². The number of rotatable bonds is 6. The topological polar surface area (TPSA) is 50.7 Å². The van der Waals surface area contributed by atoms with Crippen molar-refractivity contribution in [3.8, 4) is 5.75 Å². The summed E-state index contributed by atoms with van der Waals surface area (Å²) >= 11 is 0. The molecule has 3 aromatic carbocycles. The zero-order chi connectivity index (χ0) is 18.2. The van der Waals surface area contributed by atoms with Crippen LogP contribution in [0.2, 0.25) is 0 Å². The van der Waals surface area contributed by atoms with Crippen molar-refractivity contribution in [3.05, 3.63) is 84.4 Å². The summed E-state index contributed by atoms with van der Waals surface area (Å²) in [5, 5.41) is 6.12. The normalized spacial score (nSPS) is 11.7. The summed E-state index contributed by atoms with van der Waals surface area (Å²) < 4.78 is 5.64. The van der Waals surface area contributed by atoms with Gasteiger partial charge in [0, 0.05) is 5.39 Å². The third kappa shape index (κ3) is 4.80. The fourth-order valence-corrected chi connectivity index (χ4v) is 2.47. The number of fused-ring (bicyclic) bond motifs is 1. The Morgan fingerprint density at radius 1 is 1.00 bits per heavy atom. The third-order valence-electron chi connectivity index (χ3n) is 3.78. The first-order chi connectivity index (χ1) is 12.7. The largest absolute Gasteiger partial charge is 0.483 e. The monoisotopic (exact) mass is 344 g/mol. The summed E-state index contributed by atoms with van der Waals surface area (Å²) in [6.07, 6.45) is 3.79. The minimum absolute atomic E-state index is 0.0901. The van der Waals surface area contributed by atoms with Gasteiger partial charge in [0.1, 0.15) is 5.75 Å². The molecule has 130 valence electrons. The van der Waals surface area contributed by atoms with E-state index >= 15 is 0 Å². The highest BCUT2D eigenvalue weighted by atomic mass is 16.5. The standard InChI is InChI=1S/C22H20N2O2/c1-17(14-15-18-8-3-2-4-9-18)23-24-22(25)16-26-21-13-7-11-19-10-5-6-12-20(19)21/h2-15H,16H2,1H3,(H,24,25)/b15-14+,23-17-. The van der Waals surface area contributed by atoms with Gasteiger partial charge in [-0.15, -0.1) is 0 Å². The number of benzene rings is 3. The summed E-state index contributed by atoms with van der Waals surface area (Å²) in [6.45, 7) is 1.73. The van der Waals surface area contributed by atoms with E-state index in [4.69, 9.17) is 4.74 Å². The summed E-state index contributed by atoms with van der Waals surface area (Å²) in [5.74, 6) is 0.383. The van der Waals surface area contributed by atoms with Crippen LogP contribution in [0.1, 0.15) is 12.5 Å². The molecule has 1 N–H and O–H groups in total. The molecule has 0 radical (unpaired) electrons. The molecule has 0 saturated carbocycles. The van der Waals surface area contributed by atoms with Gasteiger partial charge in [-0.2, -0.15) is 5.10 Å². The SMILES string of the molecule is CC(/C=C/c1ccccc1)=N/NC(=O)COc1cccc2ccccc12. The quantitative estimate of drug-likeness (QED) is 0.531. The van der Waals surface area contributed by atoms with E-state index in [1.165, 1.54) is 0 Å². The second-order valence-electron chi connectivity index (χ2n) is 5.80. The molecule has 26 heavy (non-hydrogen) atoms. The fourth-order valence-electron chi connectivity index (χ4n) is 2.47. The summed E-state index contributed by atoms with van der Waals surface area (Å²) in [4.78, 5) is 12.0. The second kappa shape index (κ2) is 8.62. The maximum Gasteiger partial charge on any atom is 0.277 e. The van der Waals surface area contributed by atoms with Crippen LogP contribution >= 0.6 is 0 Å². The number of nitrogens with zero attached hydrogens (tertiary/aromatic N) is 1. The van der Waals surface area contributed by atoms with Gasteiger partial charge in [0.05, 0.1) is 5.71 Å². The Labute approximate surface area is 152 Å². The predicted molar refractivity (Wildman–Crippen MR) is 106 cm³/mol. The van der Waals surface area contributed by atoms with Crippen LogP contribution in [0.3, 0.4) is 0 Å². The molecule has 0 spiro atoms. The maximum absolute atomic E-state index is 12.0. The number of hydrazone groups is 1. The number of hydrogen-bond donors (Lipinski definition) is 1. The Morgan fingerprint density at radius 2 is 1.73 bits per heavy atom. The zero-order valence-corrected chi connectivity index (χ0v) is 14.6. The summed E-state index contributed by atoms with van der Waals surface area (Å²) in [5.41, 5.74) is 4.29. The average molecular weight is 344 g/mol. The molecule has 0 saturated heterocycles. The highest BCUT2D eigenvalue weighted by Crippen LogP contribution is 2.24. The van der Waals surface area contributed by atoms with Gasteiger partial charge in [0.15, 0.2) is 6.61 Å². The van der Waals surface area contributed by atoms with Crippen LogP contribution in [0.15, 0.2) is 84.0 Å². The Hall–Kier alpha value is -3.40. The fraction of sp³-hybridized carbons (Fsp3) is 0.0909. The molecule has 0 heterocycles. The van der Waals surface area contributed by atoms with E-state index in [1.54, 1.807) is 0 Å².